The molecule has 0 radical (unpaired) electrons. The van der Waals surface area contributed by atoms with Crippen molar-refractivity contribution in [2.75, 3.05) is 0 Å². The molecule has 0 atom stereocenters. The topological polar surface area (TPSA) is 50.9 Å². The number of thiophene rings is 1. The van der Waals surface area contributed by atoms with E-state index in [1.54, 1.807) is 6.07 Å². The first-order valence-electron chi connectivity index (χ1n) is 11.3. The zero-order valence-electron chi connectivity index (χ0n) is 18.7. The maximum Gasteiger partial charge on any atom is 0.182 e. The molecule has 6 aromatic rings. The Bertz CT molecular complexity index is 1570. The Morgan fingerprint density at radius 2 is 1.00 bits per heavy atom. The fraction of sp³-hybridized carbons (Fsp3) is 0. The largest absolute Gasteiger partial charge is 0.506 e. The van der Waals surface area contributed by atoms with Crippen molar-refractivity contribution in [3.8, 4) is 55.8 Å². The Morgan fingerprint density at radius 1 is 0.514 bits per heavy atom. The summed E-state index contributed by atoms with van der Waals surface area (Å²) < 4.78 is 2.01. The van der Waals surface area contributed by atoms with Gasteiger partial charge in [0, 0.05) is 11.3 Å². The second kappa shape index (κ2) is 9.05. The average molecular weight is 472 g/mol. The molecule has 6 rings (SSSR count). The van der Waals surface area contributed by atoms with E-state index in [1.807, 2.05) is 46.3 Å². The van der Waals surface area contributed by atoms with Gasteiger partial charge in [-0.3, -0.25) is 4.57 Å². The average Bonchev–Trinajstić information content (AvgIpc) is 3.56. The summed E-state index contributed by atoms with van der Waals surface area (Å²) >= 11 is 1.45. The van der Waals surface area contributed by atoms with Gasteiger partial charge in [0.05, 0.1) is 0 Å². The SMILES string of the molecule is Oc1ccsc1-c1nnc(-c2ccc(-c3ccccc3)cc2)n1-c1ccc(-c2ccccc2)cc1. The molecule has 0 saturated carbocycles. The number of benzene rings is 4. The molecule has 35 heavy (non-hydrogen) atoms. The Balaban J connectivity index is 1.45. The molecule has 0 fully saturated rings. The number of aromatic hydroxyl groups is 1. The smallest absolute Gasteiger partial charge is 0.182 e. The van der Waals surface area contributed by atoms with Crippen molar-refractivity contribution in [2.24, 2.45) is 0 Å². The first-order chi connectivity index (χ1) is 17.3. The predicted molar refractivity (Wildman–Crippen MR) is 143 cm³/mol. The van der Waals surface area contributed by atoms with E-state index in [-0.39, 0.29) is 5.75 Å². The van der Waals surface area contributed by atoms with Crippen LogP contribution in [-0.2, 0) is 0 Å². The van der Waals surface area contributed by atoms with Crippen LogP contribution in [0.15, 0.2) is 121 Å². The van der Waals surface area contributed by atoms with E-state index in [1.165, 1.54) is 16.9 Å². The minimum Gasteiger partial charge on any atom is -0.506 e. The summed E-state index contributed by atoms with van der Waals surface area (Å²) in [7, 11) is 0. The second-order valence-electron chi connectivity index (χ2n) is 8.17. The summed E-state index contributed by atoms with van der Waals surface area (Å²) in [5, 5.41) is 21.3. The van der Waals surface area contributed by atoms with Gasteiger partial charge in [-0.15, -0.1) is 21.5 Å². The van der Waals surface area contributed by atoms with Crippen LogP contribution in [0.4, 0.5) is 0 Å². The molecular formula is C30H21N3OS. The van der Waals surface area contributed by atoms with E-state index < -0.39 is 0 Å². The van der Waals surface area contributed by atoms with Crippen molar-refractivity contribution in [1.82, 2.24) is 14.8 Å². The number of hydrogen-bond donors (Lipinski definition) is 1. The zero-order chi connectivity index (χ0) is 23.6. The highest BCUT2D eigenvalue weighted by atomic mass is 32.1. The molecule has 0 aliphatic heterocycles. The molecular weight excluding hydrogens is 450 g/mol. The fourth-order valence-corrected chi connectivity index (χ4v) is 4.97. The van der Waals surface area contributed by atoms with Crippen molar-refractivity contribution >= 4 is 11.3 Å². The van der Waals surface area contributed by atoms with Crippen LogP contribution in [0, 0.1) is 0 Å². The molecule has 0 aliphatic rings. The molecule has 2 aromatic heterocycles. The Labute approximate surface area is 207 Å². The number of hydrogen-bond acceptors (Lipinski definition) is 4. The Hall–Kier alpha value is -4.48. The van der Waals surface area contributed by atoms with Gasteiger partial charge in [0.15, 0.2) is 11.6 Å². The lowest BCUT2D eigenvalue weighted by Crippen LogP contribution is -2.00. The Morgan fingerprint density at radius 3 is 1.54 bits per heavy atom. The van der Waals surface area contributed by atoms with Gasteiger partial charge in [-0.2, -0.15) is 0 Å². The van der Waals surface area contributed by atoms with Crippen molar-refractivity contribution in [1.29, 1.82) is 0 Å². The van der Waals surface area contributed by atoms with Gasteiger partial charge in [0.25, 0.3) is 0 Å². The highest BCUT2D eigenvalue weighted by Gasteiger charge is 2.20. The van der Waals surface area contributed by atoms with E-state index in [9.17, 15) is 5.11 Å². The molecule has 0 spiro atoms. The van der Waals surface area contributed by atoms with Crippen molar-refractivity contribution in [3.05, 3.63) is 121 Å². The van der Waals surface area contributed by atoms with Gasteiger partial charge in [-0.1, -0.05) is 97.1 Å². The van der Waals surface area contributed by atoms with E-state index in [0.29, 0.717) is 10.7 Å². The van der Waals surface area contributed by atoms with Crippen LogP contribution >= 0.6 is 11.3 Å². The monoisotopic (exact) mass is 471 g/mol. The molecule has 4 aromatic carbocycles. The minimum atomic E-state index is 0.204. The maximum atomic E-state index is 10.4. The van der Waals surface area contributed by atoms with Gasteiger partial charge in [0.2, 0.25) is 0 Å². The normalized spacial score (nSPS) is 11.0. The van der Waals surface area contributed by atoms with Crippen LogP contribution < -0.4 is 0 Å². The standard InChI is InChI=1S/C30H21N3OS/c34-27-19-20-35-28(27)30-32-31-29(25-13-11-23(12-14-25)21-7-3-1-4-8-21)33(30)26-17-15-24(16-18-26)22-9-5-2-6-10-22/h1-20,34H. The summed E-state index contributed by atoms with van der Waals surface area (Å²) in [6.45, 7) is 0. The number of nitrogens with zero attached hydrogens (tertiary/aromatic N) is 3. The van der Waals surface area contributed by atoms with E-state index in [0.717, 1.165) is 33.8 Å². The summed E-state index contributed by atoms with van der Waals surface area (Å²) in [5.41, 5.74) is 6.49. The maximum absolute atomic E-state index is 10.4. The summed E-state index contributed by atoms with van der Waals surface area (Å²) in [6, 6.07) is 39.0. The van der Waals surface area contributed by atoms with Gasteiger partial charge >= 0.3 is 0 Å². The molecule has 4 nitrogen and oxygen atoms in total. The van der Waals surface area contributed by atoms with E-state index in [4.69, 9.17) is 0 Å². The van der Waals surface area contributed by atoms with Crippen LogP contribution in [-0.4, -0.2) is 19.9 Å². The number of aromatic nitrogens is 3. The third kappa shape index (κ3) is 4.03. The Kier molecular flexibility index (Phi) is 5.45. The lowest BCUT2D eigenvalue weighted by atomic mass is 10.0. The van der Waals surface area contributed by atoms with Crippen LogP contribution in [0.2, 0.25) is 0 Å². The molecule has 1 N–H and O–H groups in total. The van der Waals surface area contributed by atoms with Gasteiger partial charge < -0.3 is 5.11 Å². The second-order valence-corrected chi connectivity index (χ2v) is 9.09. The molecule has 5 heteroatoms. The molecule has 0 saturated heterocycles. The quantitative estimate of drug-likeness (QED) is 0.280. The summed E-state index contributed by atoms with van der Waals surface area (Å²) in [4.78, 5) is 0.691. The lowest BCUT2D eigenvalue weighted by molar-refractivity contribution is 0.479. The number of rotatable bonds is 5. The van der Waals surface area contributed by atoms with Crippen molar-refractivity contribution < 1.29 is 5.11 Å². The lowest BCUT2D eigenvalue weighted by Gasteiger charge is -2.12. The summed E-state index contributed by atoms with van der Waals surface area (Å²) in [5.74, 6) is 1.54. The third-order valence-electron chi connectivity index (χ3n) is 5.99. The van der Waals surface area contributed by atoms with Gasteiger partial charge in [-0.25, -0.2) is 0 Å². The van der Waals surface area contributed by atoms with E-state index in [2.05, 4.69) is 83.0 Å². The van der Waals surface area contributed by atoms with Gasteiger partial charge in [-0.05, 0) is 45.8 Å². The fourth-order valence-electron chi connectivity index (χ4n) is 4.21. The van der Waals surface area contributed by atoms with E-state index >= 15 is 0 Å². The highest BCUT2D eigenvalue weighted by Crippen LogP contribution is 2.37. The summed E-state index contributed by atoms with van der Waals surface area (Å²) in [6.07, 6.45) is 0. The first-order valence-corrected chi connectivity index (χ1v) is 12.2. The van der Waals surface area contributed by atoms with Crippen LogP contribution in [0.1, 0.15) is 0 Å². The molecule has 168 valence electrons. The molecule has 0 aliphatic carbocycles. The minimum absolute atomic E-state index is 0.204. The van der Waals surface area contributed by atoms with Crippen molar-refractivity contribution in [2.45, 2.75) is 0 Å². The molecule has 0 amide bonds. The molecule has 0 bridgehead atoms. The molecule has 2 heterocycles. The van der Waals surface area contributed by atoms with Crippen LogP contribution in [0.5, 0.6) is 5.75 Å². The predicted octanol–water partition coefficient (Wildman–Crippen LogP) is 7.70. The van der Waals surface area contributed by atoms with Crippen LogP contribution in [0.25, 0.3) is 50.0 Å². The van der Waals surface area contributed by atoms with Crippen molar-refractivity contribution in [3.63, 3.8) is 0 Å². The van der Waals surface area contributed by atoms with Crippen LogP contribution in [0.3, 0.4) is 0 Å². The zero-order valence-corrected chi connectivity index (χ0v) is 19.6. The third-order valence-corrected chi connectivity index (χ3v) is 6.89. The highest BCUT2D eigenvalue weighted by molar-refractivity contribution is 7.13. The first kappa shape index (κ1) is 21.1. The van der Waals surface area contributed by atoms with Gasteiger partial charge in [0.1, 0.15) is 10.6 Å². The molecule has 0 unspecified atom stereocenters.